The molecule has 0 radical (unpaired) electrons. The topological polar surface area (TPSA) is 56.8 Å². The normalized spacial score (nSPS) is 11.5. The van der Waals surface area contributed by atoms with Gasteiger partial charge in [-0.25, -0.2) is 9.18 Å². The second-order valence-corrected chi connectivity index (χ2v) is 5.09. The van der Waals surface area contributed by atoms with E-state index < -0.39 is 6.09 Å². The molecule has 2 aromatic rings. The molecule has 24 heavy (non-hydrogen) atoms. The lowest BCUT2D eigenvalue weighted by atomic mass is 10.3. The predicted octanol–water partition coefficient (Wildman–Crippen LogP) is 4.13. The number of hydrogen-bond acceptors (Lipinski definition) is 4. The van der Waals surface area contributed by atoms with Gasteiger partial charge in [-0.3, -0.25) is 0 Å². The molecule has 2 rings (SSSR count). The number of nitrogens with one attached hydrogen (secondary N) is 1. The molecule has 0 bridgehead atoms. The van der Waals surface area contributed by atoms with E-state index in [1.165, 1.54) is 12.1 Å². The molecular formula is C18H20FNO4. The summed E-state index contributed by atoms with van der Waals surface area (Å²) in [4.78, 5) is 11.3. The molecule has 1 atom stereocenters. The minimum atomic E-state index is -0.465. The van der Waals surface area contributed by atoms with Gasteiger partial charge in [-0.2, -0.15) is 0 Å². The zero-order chi connectivity index (χ0) is 17.4. The van der Waals surface area contributed by atoms with Crippen LogP contribution in [0.15, 0.2) is 48.5 Å². The van der Waals surface area contributed by atoms with E-state index in [4.69, 9.17) is 14.2 Å². The van der Waals surface area contributed by atoms with Crippen LogP contribution in [0, 0.1) is 5.82 Å². The van der Waals surface area contributed by atoms with Crippen LogP contribution in [0.4, 0.5) is 9.18 Å². The van der Waals surface area contributed by atoms with Crippen molar-refractivity contribution in [1.82, 2.24) is 5.32 Å². The van der Waals surface area contributed by atoms with Crippen LogP contribution in [0.3, 0.4) is 0 Å². The van der Waals surface area contributed by atoms with Gasteiger partial charge < -0.3 is 19.5 Å². The smallest absolute Gasteiger partial charge is 0.407 e. The largest absolute Gasteiger partial charge is 0.490 e. The van der Waals surface area contributed by atoms with Gasteiger partial charge in [-0.1, -0.05) is 6.07 Å². The van der Waals surface area contributed by atoms with E-state index in [-0.39, 0.29) is 18.5 Å². The summed E-state index contributed by atoms with van der Waals surface area (Å²) in [7, 11) is 0. The summed E-state index contributed by atoms with van der Waals surface area (Å²) in [6, 6.07) is 12.8. The summed E-state index contributed by atoms with van der Waals surface area (Å²) in [5, 5.41) is 2.55. The Labute approximate surface area is 140 Å². The third kappa shape index (κ3) is 5.79. The van der Waals surface area contributed by atoms with Crippen molar-refractivity contribution in [3.63, 3.8) is 0 Å². The van der Waals surface area contributed by atoms with E-state index >= 15 is 0 Å². The fourth-order valence-electron chi connectivity index (χ4n) is 1.89. The van der Waals surface area contributed by atoms with E-state index in [0.29, 0.717) is 23.8 Å². The van der Waals surface area contributed by atoms with Gasteiger partial charge in [0.2, 0.25) is 0 Å². The Hall–Kier alpha value is -2.76. The number of rotatable bonds is 7. The highest BCUT2D eigenvalue weighted by molar-refractivity contribution is 5.67. The van der Waals surface area contributed by atoms with Crippen LogP contribution in [0.1, 0.15) is 13.8 Å². The highest BCUT2D eigenvalue weighted by Crippen LogP contribution is 2.24. The van der Waals surface area contributed by atoms with Gasteiger partial charge in [0, 0.05) is 12.6 Å². The number of hydrogen-bond donors (Lipinski definition) is 1. The highest BCUT2D eigenvalue weighted by Gasteiger charge is 2.09. The van der Waals surface area contributed by atoms with E-state index in [9.17, 15) is 9.18 Å². The highest BCUT2D eigenvalue weighted by atomic mass is 19.1. The van der Waals surface area contributed by atoms with Gasteiger partial charge in [-0.05, 0) is 50.2 Å². The average Bonchev–Trinajstić information content (AvgIpc) is 2.54. The molecule has 1 amide bonds. The minimum Gasteiger partial charge on any atom is -0.490 e. The van der Waals surface area contributed by atoms with Gasteiger partial charge in [0.25, 0.3) is 0 Å². The fraction of sp³-hybridized carbons (Fsp3) is 0.278. The van der Waals surface area contributed by atoms with Crippen molar-refractivity contribution in [2.45, 2.75) is 20.0 Å². The van der Waals surface area contributed by atoms with Crippen molar-refractivity contribution in [2.75, 3.05) is 13.2 Å². The van der Waals surface area contributed by atoms with Crippen molar-refractivity contribution >= 4 is 6.09 Å². The molecular weight excluding hydrogens is 313 g/mol. The Balaban J connectivity index is 1.82. The first-order valence-electron chi connectivity index (χ1n) is 7.67. The molecule has 0 fully saturated rings. The van der Waals surface area contributed by atoms with Crippen molar-refractivity contribution in [1.29, 1.82) is 0 Å². The summed E-state index contributed by atoms with van der Waals surface area (Å²) in [5.41, 5.74) is 0. The number of benzene rings is 2. The summed E-state index contributed by atoms with van der Waals surface area (Å²) in [5.74, 6) is 1.26. The monoisotopic (exact) mass is 333 g/mol. The van der Waals surface area contributed by atoms with Crippen LogP contribution >= 0.6 is 0 Å². The molecule has 0 aromatic heterocycles. The Morgan fingerprint density at radius 3 is 2.50 bits per heavy atom. The summed E-state index contributed by atoms with van der Waals surface area (Å²) < 4.78 is 29.3. The average molecular weight is 333 g/mol. The lowest BCUT2D eigenvalue weighted by molar-refractivity contribution is 0.0758. The molecule has 0 spiro atoms. The molecule has 5 nitrogen and oxygen atoms in total. The fourth-order valence-corrected chi connectivity index (χ4v) is 1.89. The van der Waals surface area contributed by atoms with Crippen molar-refractivity contribution in [3.05, 3.63) is 54.3 Å². The maximum absolute atomic E-state index is 13.1. The van der Waals surface area contributed by atoms with Gasteiger partial charge in [0.05, 0.1) is 0 Å². The third-order valence-electron chi connectivity index (χ3n) is 2.97. The molecule has 0 aliphatic rings. The zero-order valence-electron chi connectivity index (χ0n) is 13.6. The molecule has 2 aromatic carbocycles. The lowest BCUT2D eigenvalue weighted by Gasteiger charge is -2.14. The number of alkyl carbamates (subject to hydrolysis) is 1. The van der Waals surface area contributed by atoms with E-state index in [1.54, 1.807) is 43.3 Å². The molecule has 1 unspecified atom stereocenters. The van der Waals surface area contributed by atoms with Crippen LogP contribution in [0.25, 0.3) is 0 Å². The molecule has 0 aliphatic carbocycles. The maximum Gasteiger partial charge on any atom is 0.407 e. The second kappa shape index (κ2) is 8.76. The maximum atomic E-state index is 13.1. The standard InChI is InChI=1S/C18H20FNO4/c1-3-20-18(21)23-13(2)12-22-15-7-9-16(10-8-15)24-17-6-4-5-14(19)11-17/h4-11,13H,3,12H2,1-2H3,(H,20,21). The summed E-state index contributed by atoms with van der Waals surface area (Å²) >= 11 is 0. The number of amides is 1. The molecule has 1 N–H and O–H groups in total. The quantitative estimate of drug-likeness (QED) is 0.828. The molecule has 0 aliphatic heterocycles. The Bertz CT molecular complexity index is 660. The third-order valence-corrected chi connectivity index (χ3v) is 2.97. The van der Waals surface area contributed by atoms with Crippen molar-refractivity contribution < 1.29 is 23.4 Å². The minimum absolute atomic E-state index is 0.237. The van der Waals surface area contributed by atoms with Crippen LogP contribution < -0.4 is 14.8 Å². The first-order valence-corrected chi connectivity index (χ1v) is 7.67. The first kappa shape index (κ1) is 17.6. The summed E-state index contributed by atoms with van der Waals surface area (Å²) in [6.45, 7) is 4.31. The lowest BCUT2D eigenvalue weighted by Crippen LogP contribution is -2.30. The van der Waals surface area contributed by atoms with E-state index in [1.807, 2.05) is 6.92 Å². The molecule has 0 saturated carbocycles. The Morgan fingerprint density at radius 1 is 1.12 bits per heavy atom. The van der Waals surface area contributed by atoms with Crippen LogP contribution in [-0.4, -0.2) is 25.3 Å². The van der Waals surface area contributed by atoms with Crippen LogP contribution in [0.5, 0.6) is 17.2 Å². The van der Waals surface area contributed by atoms with Crippen LogP contribution in [-0.2, 0) is 4.74 Å². The Morgan fingerprint density at radius 2 is 1.83 bits per heavy atom. The zero-order valence-corrected chi connectivity index (χ0v) is 13.6. The molecule has 0 saturated heterocycles. The SMILES string of the molecule is CCNC(=O)OC(C)COc1ccc(Oc2cccc(F)c2)cc1. The number of carbonyl (C=O) groups is 1. The van der Waals surface area contributed by atoms with Crippen molar-refractivity contribution in [3.8, 4) is 17.2 Å². The number of ether oxygens (including phenoxy) is 3. The van der Waals surface area contributed by atoms with Crippen LogP contribution in [0.2, 0.25) is 0 Å². The van der Waals surface area contributed by atoms with E-state index in [2.05, 4.69) is 5.32 Å². The van der Waals surface area contributed by atoms with Gasteiger partial charge in [0.15, 0.2) is 0 Å². The molecule has 6 heteroatoms. The van der Waals surface area contributed by atoms with Gasteiger partial charge in [0.1, 0.15) is 35.8 Å². The number of carbonyl (C=O) groups excluding carboxylic acids is 1. The summed E-state index contributed by atoms with van der Waals surface area (Å²) in [6.07, 6.45) is -0.841. The first-order chi connectivity index (χ1) is 11.6. The predicted molar refractivity (Wildman–Crippen MR) is 88.0 cm³/mol. The van der Waals surface area contributed by atoms with Gasteiger partial charge >= 0.3 is 6.09 Å². The van der Waals surface area contributed by atoms with Crippen molar-refractivity contribution in [2.24, 2.45) is 0 Å². The van der Waals surface area contributed by atoms with Gasteiger partial charge in [-0.15, -0.1) is 0 Å². The van der Waals surface area contributed by atoms with E-state index in [0.717, 1.165) is 0 Å². The molecule has 0 heterocycles. The number of halogens is 1. The molecule has 128 valence electrons. The second-order valence-electron chi connectivity index (χ2n) is 5.09. The Kier molecular flexibility index (Phi) is 6.42.